The van der Waals surface area contributed by atoms with E-state index < -0.39 is 11.4 Å². The minimum atomic E-state index is -1.62. The van der Waals surface area contributed by atoms with Crippen LogP contribution in [0, 0.1) is 0 Å². The summed E-state index contributed by atoms with van der Waals surface area (Å²) in [7, 11) is 0. The van der Waals surface area contributed by atoms with Crippen LogP contribution in [0.1, 0.15) is 12.8 Å². The highest BCUT2D eigenvalue weighted by atomic mass is 32.2. The van der Waals surface area contributed by atoms with Crippen molar-refractivity contribution >= 4 is 11.4 Å². The quantitative estimate of drug-likeness (QED) is 0.632. The smallest absolute Gasteiger partial charge is 0.375 e. The molecule has 0 aromatic rings. The van der Waals surface area contributed by atoms with Gasteiger partial charge in [-0.15, -0.1) is 0 Å². The minimum Gasteiger partial charge on any atom is -0.375 e. The monoisotopic (exact) mass is 176 g/mol. The Kier molecular flexibility index (Phi) is 1.83. The molecular weight excluding hydrogens is 168 g/mol. The van der Waals surface area contributed by atoms with E-state index in [-0.39, 0.29) is 0 Å². The van der Waals surface area contributed by atoms with Gasteiger partial charge in [0.2, 0.25) is 0 Å². The Morgan fingerprint density at radius 2 is 2.55 bits per heavy atom. The molecule has 1 fully saturated rings. The second-order valence-electron chi connectivity index (χ2n) is 2.48. The van der Waals surface area contributed by atoms with Gasteiger partial charge >= 0.3 is 11.4 Å². The summed E-state index contributed by atoms with van der Waals surface area (Å²) in [5.74, 6) is 0.509. The minimum absolute atomic E-state index is 0.371. The van der Waals surface area contributed by atoms with Gasteiger partial charge in [0.15, 0.2) is 5.76 Å². The molecule has 0 aromatic heterocycles. The van der Waals surface area contributed by atoms with E-state index in [1.54, 1.807) is 0 Å². The average molecular weight is 176 g/mol. The zero-order valence-corrected chi connectivity index (χ0v) is 6.63. The molecule has 0 N–H and O–H groups in total. The van der Waals surface area contributed by atoms with Crippen molar-refractivity contribution in [3.05, 3.63) is 12.0 Å². The van der Waals surface area contributed by atoms with E-state index in [2.05, 4.69) is 4.18 Å². The van der Waals surface area contributed by atoms with E-state index in [1.165, 1.54) is 6.26 Å². The molecule has 1 saturated carbocycles. The first kappa shape index (κ1) is 7.12. The Bertz CT molecular complexity index is 209. The molecule has 2 rings (SSSR count). The van der Waals surface area contributed by atoms with Crippen molar-refractivity contribution in [1.29, 1.82) is 0 Å². The van der Waals surface area contributed by atoms with Crippen LogP contribution in [-0.2, 0) is 24.5 Å². The van der Waals surface area contributed by atoms with Gasteiger partial charge in [-0.2, -0.15) is 4.21 Å². The summed E-state index contributed by atoms with van der Waals surface area (Å²) in [6.07, 6.45) is 3.96. The Labute approximate surface area is 67.0 Å². The lowest BCUT2D eigenvalue weighted by atomic mass is 10.6. The molecule has 0 spiro atoms. The van der Waals surface area contributed by atoms with E-state index >= 15 is 0 Å². The fourth-order valence-electron chi connectivity index (χ4n) is 0.712. The van der Waals surface area contributed by atoms with Gasteiger partial charge < -0.3 is 13.1 Å². The normalized spacial score (nSPS) is 29.1. The van der Waals surface area contributed by atoms with Crippen molar-refractivity contribution in [2.45, 2.75) is 18.9 Å². The largest absolute Gasteiger partial charge is 0.417 e. The predicted molar refractivity (Wildman–Crippen MR) is 37.4 cm³/mol. The van der Waals surface area contributed by atoms with Gasteiger partial charge in [0.05, 0.1) is 6.10 Å². The first-order chi connectivity index (χ1) is 5.34. The zero-order valence-electron chi connectivity index (χ0n) is 5.82. The Morgan fingerprint density at radius 3 is 3.09 bits per heavy atom. The molecule has 11 heavy (non-hydrogen) atoms. The second kappa shape index (κ2) is 2.83. The third-order valence-electron chi connectivity index (χ3n) is 1.42. The van der Waals surface area contributed by atoms with Gasteiger partial charge in [-0.3, -0.25) is 0 Å². The summed E-state index contributed by atoms with van der Waals surface area (Å²) in [5.41, 5.74) is 0. The van der Waals surface area contributed by atoms with Crippen molar-refractivity contribution < 1.29 is 17.3 Å². The molecule has 0 bridgehead atoms. The Morgan fingerprint density at radius 1 is 1.73 bits per heavy atom. The molecule has 1 aliphatic carbocycles. The van der Waals surface area contributed by atoms with Crippen molar-refractivity contribution in [3.63, 3.8) is 0 Å². The summed E-state index contributed by atoms with van der Waals surface area (Å²) in [6.45, 7) is 0.371. The van der Waals surface area contributed by atoms with Crippen LogP contribution < -0.4 is 0 Å². The highest BCUT2D eigenvalue weighted by Gasteiger charge is 2.24. The van der Waals surface area contributed by atoms with Crippen molar-refractivity contribution in [2.75, 3.05) is 6.61 Å². The van der Waals surface area contributed by atoms with E-state index in [9.17, 15) is 4.21 Å². The molecule has 1 heterocycles. The standard InChI is InChI=1S/C6H8O4S/c7-11-9-4-6(10-11)3-8-5-1-2-5/h4-5H,1-3H2. The summed E-state index contributed by atoms with van der Waals surface area (Å²) < 4.78 is 25.0. The maximum Gasteiger partial charge on any atom is 0.417 e. The molecule has 0 saturated heterocycles. The number of ether oxygens (including phenoxy) is 1. The number of hydrogen-bond acceptors (Lipinski definition) is 4. The maximum atomic E-state index is 10.5. The first-order valence-electron chi connectivity index (χ1n) is 3.42. The molecule has 1 aliphatic heterocycles. The van der Waals surface area contributed by atoms with Crippen LogP contribution in [0.3, 0.4) is 0 Å². The molecule has 0 aromatic carbocycles. The average Bonchev–Trinajstić information content (AvgIpc) is 2.72. The molecule has 2 aliphatic rings. The third-order valence-corrected chi connectivity index (χ3v) is 2.02. The SMILES string of the molecule is O=S1OC=C(COC2CC2)O1. The van der Waals surface area contributed by atoms with Crippen LogP contribution in [-0.4, -0.2) is 16.9 Å². The van der Waals surface area contributed by atoms with Crippen LogP contribution in [0.5, 0.6) is 0 Å². The van der Waals surface area contributed by atoms with Crippen LogP contribution in [0.25, 0.3) is 0 Å². The number of rotatable bonds is 3. The van der Waals surface area contributed by atoms with Crippen LogP contribution in [0.15, 0.2) is 12.0 Å². The summed E-state index contributed by atoms with van der Waals surface area (Å²) in [4.78, 5) is 0. The van der Waals surface area contributed by atoms with E-state index in [1.807, 2.05) is 0 Å². The lowest BCUT2D eigenvalue weighted by Gasteiger charge is -1.98. The Hall–Kier alpha value is -0.550. The van der Waals surface area contributed by atoms with Crippen LogP contribution in [0.2, 0.25) is 0 Å². The van der Waals surface area contributed by atoms with Crippen LogP contribution in [0.4, 0.5) is 0 Å². The molecule has 62 valence electrons. The van der Waals surface area contributed by atoms with Gasteiger partial charge in [-0.1, -0.05) is 0 Å². The molecule has 5 heteroatoms. The lowest BCUT2D eigenvalue weighted by Crippen LogP contribution is -2.00. The first-order valence-corrected chi connectivity index (χ1v) is 4.42. The third kappa shape index (κ3) is 1.94. The van der Waals surface area contributed by atoms with E-state index in [0.29, 0.717) is 18.5 Å². The molecule has 1 atom stereocenters. The molecule has 0 radical (unpaired) electrons. The maximum absolute atomic E-state index is 10.5. The molecule has 4 nitrogen and oxygen atoms in total. The summed E-state index contributed by atoms with van der Waals surface area (Å²) in [5, 5.41) is 0. The van der Waals surface area contributed by atoms with Crippen molar-refractivity contribution in [3.8, 4) is 0 Å². The van der Waals surface area contributed by atoms with Gasteiger partial charge in [0, 0.05) is 0 Å². The molecular formula is C6H8O4S. The predicted octanol–water partition coefficient (Wildman–Crippen LogP) is 0.632. The van der Waals surface area contributed by atoms with E-state index in [0.717, 1.165) is 12.8 Å². The summed E-state index contributed by atoms with van der Waals surface area (Å²) >= 11 is -1.62. The van der Waals surface area contributed by atoms with Crippen molar-refractivity contribution in [1.82, 2.24) is 0 Å². The summed E-state index contributed by atoms with van der Waals surface area (Å²) in [6, 6.07) is 0. The zero-order chi connectivity index (χ0) is 7.68. The number of hydrogen-bond donors (Lipinski definition) is 0. The fourth-order valence-corrected chi connectivity index (χ4v) is 1.20. The Balaban J connectivity index is 1.73. The highest BCUT2D eigenvalue weighted by Crippen LogP contribution is 2.24. The van der Waals surface area contributed by atoms with E-state index in [4.69, 9.17) is 8.92 Å². The second-order valence-corrected chi connectivity index (χ2v) is 3.25. The molecule has 0 amide bonds. The van der Waals surface area contributed by atoms with Gasteiger partial charge in [0.25, 0.3) is 0 Å². The highest BCUT2D eigenvalue weighted by molar-refractivity contribution is 7.75. The topological polar surface area (TPSA) is 44.8 Å². The van der Waals surface area contributed by atoms with Gasteiger partial charge in [-0.25, -0.2) is 0 Å². The van der Waals surface area contributed by atoms with Gasteiger partial charge in [-0.05, 0) is 12.8 Å². The lowest BCUT2D eigenvalue weighted by molar-refractivity contribution is 0.122. The molecule has 1 unspecified atom stereocenters. The fraction of sp³-hybridized carbons (Fsp3) is 0.667. The van der Waals surface area contributed by atoms with Crippen molar-refractivity contribution in [2.24, 2.45) is 0 Å². The van der Waals surface area contributed by atoms with Crippen LogP contribution >= 0.6 is 0 Å². The van der Waals surface area contributed by atoms with Gasteiger partial charge in [0.1, 0.15) is 12.9 Å².